The Morgan fingerprint density at radius 3 is 2.45 bits per heavy atom. The van der Waals surface area contributed by atoms with Crippen molar-refractivity contribution in [3.05, 3.63) is 0 Å². The van der Waals surface area contributed by atoms with Crippen molar-refractivity contribution in [1.82, 2.24) is 9.80 Å². The molecule has 0 aliphatic carbocycles. The molecule has 0 aromatic heterocycles. The fraction of sp³-hybridized carbons (Fsp3) is 0.938. The minimum Gasteiger partial charge on any atom is -0.341 e. The lowest BCUT2D eigenvalue weighted by molar-refractivity contribution is -0.130. The molecule has 4 heteroatoms. The van der Waals surface area contributed by atoms with E-state index in [-0.39, 0.29) is 5.41 Å². The third-order valence-corrected chi connectivity index (χ3v) is 4.69. The number of carbonyl (C=O) groups is 1. The van der Waals surface area contributed by atoms with Gasteiger partial charge in [-0.1, -0.05) is 20.8 Å². The molecule has 1 amide bonds. The van der Waals surface area contributed by atoms with Gasteiger partial charge in [0, 0.05) is 25.6 Å². The van der Waals surface area contributed by atoms with E-state index in [0.29, 0.717) is 30.8 Å². The molecule has 2 N–H and O–H groups in total. The number of nitrogens with zero attached hydrogens (tertiary/aromatic N) is 2. The van der Waals surface area contributed by atoms with Crippen LogP contribution in [0.5, 0.6) is 0 Å². The van der Waals surface area contributed by atoms with Crippen molar-refractivity contribution in [2.24, 2.45) is 17.1 Å². The Kier molecular flexibility index (Phi) is 6.46. The number of likely N-dealkylation sites (N-methyl/N-ethyl adjacent to an activating group) is 1. The van der Waals surface area contributed by atoms with Gasteiger partial charge < -0.3 is 15.5 Å². The van der Waals surface area contributed by atoms with Crippen LogP contribution in [-0.4, -0.2) is 55.5 Å². The lowest BCUT2D eigenvalue weighted by Gasteiger charge is -2.31. The zero-order valence-corrected chi connectivity index (χ0v) is 14.0. The number of rotatable bonds is 6. The molecule has 0 bridgehead atoms. The van der Waals surface area contributed by atoms with E-state index < -0.39 is 0 Å². The molecule has 118 valence electrons. The maximum Gasteiger partial charge on any atom is 0.222 e. The molecule has 2 atom stereocenters. The average molecular weight is 283 g/mol. The fourth-order valence-electron chi connectivity index (χ4n) is 3.06. The highest BCUT2D eigenvalue weighted by Gasteiger charge is 2.29. The van der Waals surface area contributed by atoms with Gasteiger partial charge in [0.2, 0.25) is 5.91 Å². The summed E-state index contributed by atoms with van der Waals surface area (Å²) in [6.07, 6.45) is 3.74. The summed E-state index contributed by atoms with van der Waals surface area (Å²) >= 11 is 0. The van der Waals surface area contributed by atoms with Gasteiger partial charge in [-0.25, -0.2) is 0 Å². The van der Waals surface area contributed by atoms with Crippen LogP contribution in [0.3, 0.4) is 0 Å². The summed E-state index contributed by atoms with van der Waals surface area (Å²) in [7, 11) is 4.19. The molecule has 1 saturated heterocycles. The molecule has 0 saturated carbocycles. The number of hydrogen-bond donors (Lipinski definition) is 1. The predicted octanol–water partition coefficient (Wildman–Crippen LogP) is 1.94. The van der Waals surface area contributed by atoms with Crippen LogP contribution in [0, 0.1) is 11.3 Å². The van der Waals surface area contributed by atoms with Crippen LogP contribution in [0.2, 0.25) is 0 Å². The monoisotopic (exact) mass is 283 g/mol. The normalized spacial score (nSPS) is 21.6. The van der Waals surface area contributed by atoms with E-state index in [0.717, 1.165) is 32.4 Å². The highest BCUT2D eigenvalue weighted by Crippen LogP contribution is 2.32. The van der Waals surface area contributed by atoms with Crippen molar-refractivity contribution < 1.29 is 4.79 Å². The minimum absolute atomic E-state index is 0.233. The highest BCUT2D eigenvalue weighted by atomic mass is 16.2. The number of amides is 1. The molecular formula is C16H33N3O. The van der Waals surface area contributed by atoms with Gasteiger partial charge >= 0.3 is 0 Å². The first-order valence-corrected chi connectivity index (χ1v) is 7.90. The van der Waals surface area contributed by atoms with E-state index in [1.807, 2.05) is 4.90 Å². The first kappa shape index (κ1) is 17.4. The van der Waals surface area contributed by atoms with Crippen LogP contribution < -0.4 is 5.73 Å². The molecule has 0 aromatic carbocycles. The molecule has 1 fully saturated rings. The Bertz CT molecular complexity index is 309. The van der Waals surface area contributed by atoms with Crippen LogP contribution in [0.25, 0.3) is 0 Å². The minimum atomic E-state index is 0.233. The quantitative estimate of drug-likeness (QED) is 0.810. The topological polar surface area (TPSA) is 49.6 Å². The second kappa shape index (κ2) is 7.41. The maximum atomic E-state index is 12.3. The first-order chi connectivity index (χ1) is 9.25. The van der Waals surface area contributed by atoms with Crippen molar-refractivity contribution in [2.75, 3.05) is 33.7 Å². The van der Waals surface area contributed by atoms with Crippen molar-refractivity contribution in [2.45, 2.75) is 52.5 Å². The lowest BCUT2D eigenvalue weighted by atomic mass is 9.76. The predicted molar refractivity (Wildman–Crippen MR) is 84.5 cm³/mol. The Balaban J connectivity index is 2.43. The smallest absolute Gasteiger partial charge is 0.222 e. The number of likely N-dealkylation sites (tertiary alicyclic amines) is 1. The van der Waals surface area contributed by atoms with Crippen LogP contribution in [0.1, 0.15) is 46.5 Å². The molecular weight excluding hydrogens is 250 g/mol. The molecule has 0 spiro atoms. The summed E-state index contributed by atoms with van der Waals surface area (Å²) in [6, 6.07) is 0.529. The van der Waals surface area contributed by atoms with Gasteiger partial charge in [0.05, 0.1) is 0 Å². The molecule has 2 unspecified atom stereocenters. The van der Waals surface area contributed by atoms with Gasteiger partial charge in [-0.05, 0) is 51.2 Å². The third-order valence-electron chi connectivity index (χ3n) is 4.69. The Morgan fingerprint density at radius 1 is 1.35 bits per heavy atom. The van der Waals surface area contributed by atoms with Crippen LogP contribution >= 0.6 is 0 Å². The summed E-state index contributed by atoms with van der Waals surface area (Å²) in [5, 5.41) is 0. The fourth-order valence-corrected chi connectivity index (χ4v) is 3.06. The molecule has 4 nitrogen and oxygen atoms in total. The van der Waals surface area contributed by atoms with E-state index in [2.05, 4.69) is 39.8 Å². The molecule has 20 heavy (non-hydrogen) atoms. The lowest BCUT2D eigenvalue weighted by Crippen LogP contribution is -2.35. The Labute approximate surface area is 124 Å². The van der Waals surface area contributed by atoms with E-state index in [1.165, 1.54) is 0 Å². The molecule has 1 heterocycles. The average Bonchev–Trinajstić information content (AvgIpc) is 2.82. The SMILES string of the molecule is CN(C)C1CCN(C(=O)CCC(CCN)C(C)(C)C)C1. The molecule has 1 aliphatic rings. The van der Waals surface area contributed by atoms with Crippen molar-refractivity contribution >= 4 is 5.91 Å². The molecule has 1 rings (SSSR count). The zero-order chi connectivity index (χ0) is 15.3. The zero-order valence-electron chi connectivity index (χ0n) is 14.0. The van der Waals surface area contributed by atoms with Gasteiger partial charge in [-0.3, -0.25) is 4.79 Å². The van der Waals surface area contributed by atoms with Crippen LogP contribution in [0.4, 0.5) is 0 Å². The van der Waals surface area contributed by atoms with Gasteiger partial charge in [0.1, 0.15) is 0 Å². The van der Waals surface area contributed by atoms with Crippen molar-refractivity contribution in [3.63, 3.8) is 0 Å². The van der Waals surface area contributed by atoms with Gasteiger partial charge in [0.25, 0.3) is 0 Å². The number of hydrogen-bond acceptors (Lipinski definition) is 3. The summed E-state index contributed by atoms with van der Waals surface area (Å²) in [6.45, 7) is 9.26. The van der Waals surface area contributed by atoms with Gasteiger partial charge in [-0.15, -0.1) is 0 Å². The summed E-state index contributed by atoms with van der Waals surface area (Å²) in [5.41, 5.74) is 5.94. The van der Waals surface area contributed by atoms with Crippen LogP contribution in [-0.2, 0) is 4.79 Å². The second-order valence-corrected chi connectivity index (χ2v) is 7.42. The third kappa shape index (κ3) is 5.06. The Morgan fingerprint density at radius 2 is 2.00 bits per heavy atom. The molecule has 0 aromatic rings. The van der Waals surface area contributed by atoms with E-state index in [9.17, 15) is 4.79 Å². The maximum absolute atomic E-state index is 12.3. The standard InChI is InChI=1S/C16H33N3O/c1-16(2,3)13(8-10-17)6-7-15(20)19-11-9-14(12-19)18(4)5/h13-14H,6-12,17H2,1-5H3. The van der Waals surface area contributed by atoms with E-state index in [4.69, 9.17) is 5.73 Å². The van der Waals surface area contributed by atoms with Gasteiger partial charge in [-0.2, -0.15) is 0 Å². The highest BCUT2D eigenvalue weighted by molar-refractivity contribution is 5.76. The van der Waals surface area contributed by atoms with Crippen molar-refractivity contribution in [3.8, 4) is 0 Å². The summed E-state index contributed by atoms with van der Waals surface area (Å²) in [4.78, 5) is 16.6. The Hall–Kier alpha value is -0.610. The van der Waals surface area contributed by atoms with Crippen molar-refractivity contribution in [1.29, 1.82) is 0 Å². The molecule has 1 aliphatic heterocycles. The van der Waals surface area contributed by atoms with E-state index >= 15 is 0 Å². The van der Waals surface area contributed by atoms with Crippen LogP contribution in [0.15, 0.2) is 0 Å². The summed E-state index contributed by atoms with van der Waals surface area (Å²) < 4.78 is 0. The van der Waals surface area contributed by atoms with E-state index in [1.54, 1.807) is 0 Å². The van der Waals surface area contributed by atoms with Gasteiger partial charge in [0.15, 0.2) is 0 Å². The molecule has 0 radical (unpaired) electrons. The summed E-state index contributed by atoms with van der Waals surface area (Å²) in [5.74, 6) is 0.851. The number of nitrogens with two attached hydrogens (primary N) is 1. The number of carbonyl (C=O) groups excluding carboxylic acids is 1. The first-order valence-electron chi connectivity index (χ1n) is 7.90. The second-order valence-electron chi connectivity index (χ2n) is 7.42. The largest absolute Gasteiger partial charge is 0.341 e.